The summed E-state index contributed by atoms with van der Waals surface area (Å²) < 4.78 is 12.9. The summed E-state index contributed by atoms with van der Waals surface area (Å²) in [6.07, 6.45) is 3.32. The number of carbonyl (C=O) groups excluding carboxylic acids is 1. The molecule has 80 valence electrons. The van der Waals surface area contributed by atoms with E-state index in [1.807, 2.05) is 0 Å². The topological polar surface area (TPSA) is 30.0 Å². The van der Waals surface area contributed by atoms with Gasteiger partial charge in [-0.05, 0) is 29.8 Å². The Balaban J connectivity index is 2.14. The molecule has 0 unspecified atom stereocenters. The molecule has 0 aliphatic carbocycles. The Kier molecular flexibility index (Phi) is 3.05. The van der Waals surface area contributed by atoms with Crippen molar-refractivity contribution in [2.24, 2.45) is 0 Å². The Hall–Kier alpha value is -2.03. The van der Waals surface area contributed by atoms with Crippen LogP contribution >= 0.6 is 0 Å². The second-order valence-corrected chi connectivity index (χ2v) is 3.47. The fourth-order valence-electron chi connectivity index (χ4n) is 1.46. The van der Waals surface area contributed by atoms with Crippen molar-refractivity contribution in [2.45, 2.75) is 6.42 Å². The van der Waals surface area contributed by atoms with Crippen LogP contribution in [0.1, 0.15) is 15.9 Å². The second kappa shape index (κ2) is 4.66. The Morgan fingerprint density at radius 1 is 1.25 bits per heavy atom. The second-order valence-electron chi connectivity index (χ2n) is 3.47. The Labute approximate surface area is 92.8 Å². The van der Waals surface area contributed by atoms with Gasteiger partial charge in [0.05, 0.1) is 0 Å². The van der Waals surface area contributed by atoms with Crippen LogP contribution < -0.4 is 0 Å². The van der Waals surface area contributed by atoms with E-state index < -0.39 is 0 Å². The monoisotopic (exact) mass is 215 g/mol. The zero-order chi connectivity index (χ0) is 11.4. The van der Waals surface area contributed by atoms with Crippen LogP contribution in [0.2, 0.25) is 0 Å². The predicted molar refractivity (Wildman–Crippen MR) is 58.7 cm³/mol. The summed E-state index contributed by atoms with van der Waals surface area (Å²) in [6.45, 7) is 0. The molecular formula is C13H10FNO. The number of aromatic nitrogens is 1. The normalized spacial score (nSPS) is 10.1. The number of hydrogen-bond donors (Lipinski definition) is 0. The van der Waals surface area contributed by atoms with Crippen molar-refractivity contribution in [1.29, 1.82) is 0 Å². The molecule has 16 heavy (non-hydrogen) atoms. The molecule has 0 amide bonds. The maximum absolute atomic E-state index is 12.9. The Morgan fingerprint density at radius 3 is 2.81 bits per heavy atom. The smallest absolute Gasteiger partial charge is 0.168 e. The van der Waals surface area contributed by atoms with E-state index >= 15 is 0 Å². The van der Waals surface area contributed by atoms with Crippen LogP contribution in [0.4, 0.5) is 4.39 Å². The highest BCUT2D eigenvalue weighted by Gasteiger charge is 2.06. The molecule has 0 radical (unpaired) electrons. The molecule has 2 nitrogen and oxygen atoms in total. The number of ketones is 1. The number of pyridine rings is 1. The molecule has 3 heteroatoms. The molecule has 0 spiro atoms. The molecule has 0 saturated carbocycles. The van der Waals surface area contributed by atoms with Crippen LogP contribution in [0.3, 0.4) is 0 Å². The third-order valence-electron chi connectivity index (χ3n) is 2.24. The van der Waals surface area contributed by atoms with Crippen LogP contribution in [0.5, 0.6) is 0 Å². The average Bonchev–Trinajstić information content (AvgIpc) is 2.30. The van der Waals surface area contributed by atoms with Crippen molar-refractivity contribution in [3.8, 4) is 0 Å². The highest BCUT2D eigenvalue weighted by atomic mass is 19.1. The molecule has 0 atom stereocenters. The average molecular weight is 215 g/mol. The van der Waals surface area contributed by atoms with E-state index in [0.29, 0.717) is 11.1 Å². The number of benzene rings is 1. The maximum Gasteiger partial charge on any atom is 0.168 e. The number of Topliss-reactive ketones (excluding diaryl/α,β-unsaturated/α-hetero) is 1. The summed E-state index contributed by atoms with van der Waals surface area (Å²) in [7, 11) is 0. The first kappa shape index (κ1) is 10.5. The lowest BCUT2D eigenvalue weighted by atomic mass is 10.0. The molecule has 1 heterocycles. The highest BCUT2D eigenvalue weighted by Crippen LogP contribution is 2.08. The third kappa shape index (κ3) is 2.51. The van der Waals surface area contributed by atoms with Gasteiger partial charge in [0.25, 0.3) is 0 Å². The largest absolute Gasteiger partial charge is 0.294 e. The van der Waals surface area contributed by atoms with E-state index in [9.17, 15) is 9.18 Å². The molecular weight excluding hydrogens is 205 g/mol. The Morgan fingerprint density at radius 2 is 2.12 bits per heavy atom. The Bertz CT molecular complexity index is 496. The number of halogens is 1. The van der Waals surface area contributed by atoms with E-state index in [2.05, 4.69) is 4.98 Å². The van der Waals surface area contributed by atoms with E-state index in [4.69, 9.17) is 0 Å². The van der Waals surface area contributed by atoms with Crippen LogP contribution in [0.25, 0.3) is 0 Å². The van der Waals surface area contributed by atoms with E-state index in [0.717, 1.165) is 0 Å². The van der Waals surface area contributed by atoms with Crippen molar-refractivity contribution in [2.75, 3.05) is 0 Å². The van der Waals surface area contributed by atoms with Crippen molar-refractivity contribution >= 4 is 5.78 Å². The van der Waals surface area contributed by atoms with Gasteiger partial charge < -0.3 is 0 Å². The third-order valence-corrected chi connectivity index (χ3v) is 2.24. The van der Waals surface area contributed by atoms with Crippen LogP contribution in [-0.4, -0.2) is 10.8 Å². The zero-order valence-electron chi connectivity index (χ0n) is 8.56. The molecule has 0 saturated heterocycles. The van der Waals surface area contributed by atoms with Gasteiger partial charge in [-0.2, -0.15) is 0 Å². The predicted octanol–water partition coefficient (Wildman–Crippen LogP) is 2.65. The van der Waals surface area contributed by atoms with Crippen molar-refractivity contribution in [3.63, 3.8) is 0 Å². The maximum atomic E-state index is 12.9. The van der Waals surface area contributed by atoms with Crippen molar-refractivity contribution < 1.29 is 9.18 Å². The van der Waals surface area contributed by atoms with Gasteiger partial charge in [0.2, 0.25) is 0 Å². The molecule has 0 aliphatic rings. The zero-order valence-corrected chi connectivity index (χ0v) is 8.56. The molecule has 1 aromatic heterocycles. The molecule has 0 fully saturated rings. The molecule has 2 rings (SSSR count). The van der Waals surface area contributed by atoms with Gasteiger partial charge in [0.15, 0.2) is 5.78 Å². The minimum atomic E-state index is -0.323. The SMILES string of the molecule is O=C(Cc1cccc(F)c1)c1cccnc1. The van der Waals surface area contributed by atoms with E-state index in [-0.39, 0.29) is 18.0 Å². The van der Waals surface area contributed by atoms with Gasteiger partial charge in [-0.1, -0.05) is 12.1 Å². The lowest BCUT2D eigenvalue weighted by molar-refractivity contribution is 0.0992. The molecule has 1 aromatic carbocycles. The van der Waals surface area contributed by atoms with Gasteiger partial charge in [-0.25, -0.2) is 4.39 Å². The van der Waals surface area contributed by atoms with E-state index in [1.165, 1.54) is 18.3 Å². The summed E-state index contributed by atoms with van der Waals surface area (Å²) in [6, 6.07) is 9.47. The summed E-state index contributed by atoms with van der Waals surface area (Å²) in [5.74, 6) is -0.379. The van der Waals surface area contributed by atoms with Crippen LogP contribution in [0, 0.1) is 5.82 Å². The van der Waals surface area contributed by atoms with Crippen LogP contribution in [0.15, 0.2) is 48.8 Å². The van der Waals surface area contributed by atoms with Gasteiger partial charge in [0, 0.05) is 24.4 Å². The molecule has 2 aromatic rings. The molecule has 0 bridgehead atoms. The fraction of sp³-hybridized carbons (Fsp3) is 0.0769. The lowest BCUT2D eigenvalue weighted by Gasteiger charge is -2.00. The standard InChI is InChI=1S/C13H10FNO/c14-12-5-1-3-10(7-12)8-13(16)11-4-2-6-15-9-11/h1-7,9H,8H2. The summed E-state index contributed by atoms with van der Waals surface area (Å²) in [5, 5.41) is 0. The molecule has 0 aliphatic heterocycles. The van der Waals surface area contributed by atoms with Crippen molar-refractivity contribution in [1.82, 2.24) is 4.98 Å². The van der Waals surface area contributed by atoms with Gasteiger partial charge in [-0.15, -0.1) is 0 Å². The lowest BCUT2D eigenvalue weighted by Crippen LogP contribution is -2.03. The van der Waals surface area contributed by atoms with Gasteiger partial charge >= 0.3 is 0 Å². The molecule has 0 N–H and O–H groups in total. The number of rotatable bonds is 3. The number of hydrogen-bond acceptors (Lipinski definition) is 2. The number of carbonyl (C=O) groups is 1. The fourth-order valence-corrected chi connectivity index (χ4v) is 1.46. The minimum Gasteiger partial charge on any atom is -0.294 e. The summed E-state index contributed by atoms with van der Waals surface area (Å²) >= 11 is 0. The van der Waals surface area contributed by atoms with Gasteiger partial charge in [-0.3, -0.25) is 9.78 Å². The first-order valence-corrected chi connectivity index (χ1v) is 4.93. The minimum absolute atomic E-state index is 0.0568. The summed E-state index contributed by atoms with van der Waals surface area (Å²) in [5.41, 5.74) is 1.22. The quantitative estimate of drug-likeness (QED) is 0.737. The van der Waals surface area contributed by atoms with Crippen molar-refractivity contribution in [3.05, 3.63) is 65.7 Å². The van der Waals surface area contributed by atoms with Gasteiger partial charge in [0.1, 0.15) is 5.82 Å². The summed E-state index contributed by atoms with van der Waals surface area (Å²) in [4.78, 5) is 15.6. The highest BCUT2D eigenvalue weighted by molar-refractivity contribution is 5.97. The van der Waals surface area contributed by atoms with Crippen LogP contribution in [-0.2, 0) is 6.42 Å². The first-order chi connectivity index (χ1) is 7.75. The van der Waals surface area contributed by atoms with E-state index in [1.54, 1.807) is 30.5 Å². The first-order valence-electron chi connectivity index (χ1n) is 4.93. The number of nitrogens with zero attached hydrogens (tertiary/aromatic N) is 1.